The van der Waals surface area contributed by atoms with E-state index in [0.29, 0.717) is 25.3 Å². The van der Waals surface area contributed by atoms with Crippen LogP contribution in [0, 0.1) is 0 Å². The Labute approximate surface area is 158 Å². The van der Waals surface area contributed by atoms with Crippen molar-refractivity contribution in [3.63, 3.8) is 0 Å². The normalized spacial score (nSPS) is 12.4. The molecule has 0 saturated carbocycles. The van der Waals surface area contributed by atoms with Crippen molar-refractivity contribution in [1.29, 1.82) is 0 Å². The Morgan fingerprint density at radius 3 is 2.70 bits per heavy atom. The molecule has 27 heavy (non-hydrogen) atoms. The SMILES string of the molecule is O=C(CCC(=O)c1cccnc1)NCCCCc1ccc2c(c1)OCCO2. The summed E-state index contributed by atoms with van der Waals surface area (Å²) in [6.45, 7) is 1.80. The molecule has 1 aliphatic rings. The second-order valence-corrected chi connectivity index (χ2v) is 6.45. The number of fused-ring (bicyclic) bond motifs is 1. The fourth-order valence-electron chi connectivity index (χ4n) is 2.91. The van der Waals surface area contributed by atoms with Gasteiger partial charge in [0.15, 0.2) is 17.3 Å². The number of pyridine rings is 1. The Balaban J connectivity index is 1.30. The van der Waals surface area contributed by atoms with E-state index < -0.39 is 0 Å². The van der Waals surface area contributed by atoms with Crippen LogP contribution in [0.3, 0.4) is 0 Å². The van der Waals surface area contributed by atoms with Crippen LogP contribution in [0.25, 0.3) is 0 Å². The van der Waals surface area contributed by atoms with Gasteiger partial charge in [-0.2, -0.15) is 0 Å². The highest BCUT2D eigenvalue weighted by Crippen LogP contribution is 2.31. The van der Waals surface area contributed by atoms with Crippen molar-refractivity contribution in [2.45, 2.75) is 32.1 Å². The Bertz CT molecular complexity index is 777. The molecule has 0 atom stereocenters. The average Bonchev–Trinajstić information content (AvgIpc) is 2.72. The van der Waals surface area contributed by atoms with Crippen molar-refractivity contribution >= 4 is 11.7 Å². The lowest BCUT2D eigenvalue weighted by Gasteiger charge is -2.18. The van der Waals surface area contributed by atoms with Crippen molar-refractivity contribution in [3.05, 3.63) is 53.9 Å². The number of rotatable bonds is 9. The predicted molar refractivity (Wildman–Crippen MR) is 101 cm³/mol. The third-order valence-electron chi connectivity index (χ3n) is 4.38. The van der Waals surface area contributed by atoms with Gasteiger partial charge in [-0.05, 0) is 49.1 Å². The maximum absolute atomic E-state index is 11.9. The minimum atomic E-state index is -0.0911. The number of aromatic nitrogens is 1. The molecule has 0 fully saturated rings. The van der Waals surface area contributed by atoms with Gasteiger partial charge < -0.3 is 14.8 Å². The summed E-state index contributed by atoms with van der Waals surface area (Å²) in [6.07, 6.45) is 6.33. The first kappa shape index (κ1) is 18.9. The molecule has 0 aliphatic carbocycles. The van der Waals surface area contributed by atoms with E-state index in [0.717, 1.165) is 30.8 Å². The number of carbonyl (C=O) groups excluding carboxylic acids is 2. The van der Waals surface area contributed by atoms with E-state index in [1.54, 1.807) is 18.3 Å². The van der Waals surface area contributed by atoms with E-state index in [1.165, 1.54) is 11.8 Å². The smallest absolute Gasteiger partial charge is 0.220 e. The van der Waals surface area contributed by atoms with Gasteiger partial charge in [0.1, 0.15) is 13.2 Å². The Morgan fingerprint density at radius 2 is 1.89 bits per heavy atom. The van der Waals surface area contributed by atoms with Crippen molar-refractivity contribution in [1.82, 2.24) is 10.3 Å². The molecule has 2 heterocycles. The number of ketones is 1. The summed E-state index contributed by atoms with van der Waals surface area (Å²) in [5.41, 5.74) is 1.75. The lowest BCUT2D eigenvalue weighted by Crippen LogP contribution is -2.24. The second kappa shape index (κ2) is 9.71. The van der Waals surface area contributed by atoms with Crippen LogP contribution in [0.2, 0.25) is 0 Å². The fraction of sp³-hybridized carbons (Fsp3) is 0.381. The molecular formula is C21H24N2O4. The Kier molecular flexibility index (Phi) is 6.79. The van der Waals surface area contributed by atoms with Crippen LogP contribution in [-0.2, 0) is 11.2 Å². The summed E-state index contributed by atoms with van der Waals surface area (Å²) in [4.78, 5) is 27.7. The molecule has 1 aromatic heterocycles. The number of nitrogens with zero attached hydrogens (tertiary/aromatic N) is 1. The van der Waals surface area contributed by atoms with E-state index in [1.807, 2.05) is 12.1 Å². The van der Waals surface area contributed by atoms with E-state index in [4.69, 9.17) is 9.47 Å². The summed E-state index contributed by atoms with van der Waals surface area (Å²) in [6, 6.07) is 9.46. The molecule has 6 heteroatoms. The molecule has 1 aromatic carbocycles. The molecule has 0 unspecified atom stereocenters. The first-order chi connectivity index (χ1) is 13.2. The zero-order valence-electron chi connectivity index (χ0n) is 15.3. The highest BCUT2D eigenvalue weighted by atomic mass is 16.6. The number of nitrogens with one attached hydrogen (secondary N) is 1. The highest BCUT2D eigenvalue weighted by molar-refractivity contribution is 5.97. The molecule has 3 rings (SSSR count). The predicted octanol–water partition coefficient (Wildman–Crippen LogP) is 2.95. The van der Waals surface area contributed by atoms with Crippen LogP contribution in [0.1, 0.15) is 41.6 Å². The maximum atomic E-state index is 11.9. The minimum Gasteiger partial charge on any atom is -0.486 e. The Morgan fingerprint density at radius 1 is 1.04 bits per heavy atom. The van der Waals surface area contributed by atoms with E-state index in [2.05, 4.69) is 16.4 Å². The van der Waals surface area contributed by atoms with Gasteiger partial charge in [-0.15, -0.1) is 0 Å². The van der Waals surface area contributed by atoms with Gasteiger partial charge in [0, 0.05) is 37.3 Å². The van der Waals surface area contributed by atoms with Crippen molar-refractivity contribution in [3.8, 4) is 11.5 Å². The Hall–Kier alpha value is -2.89. The lowest BCUT2D eigenvalue weighted by atomic mass is 10.1. The van der Waals surface area contributed by atoms with Crippen LogP contribution in [0.5, 0.6) is 11.5 Å². The number of hydrogen-bond acceptors (Lipinski definition) is 5. The topological polar surface area (TPSA) is 77.5 Å². The fourth-order valence-corrected chi connectivity index (χ4v) is 2.91. The molecular weight excluding hydrogens is 344 g/mol. The standard InChI is InChI=1S/C21H24N2O4/c24-18(17-5-3-10-22-15-17)7-9-21(25)23-11-2-1-4-16-6-8-19-20(14-16)27-13-12-26-19/h3,5-6,8,10,14-15H,1-2,4,7,9,11-13H2,(H,23,25). The lowest BCUT2D eigenvalue weighted by molar-refractivity contribution is -0.121. The molecule has 1 N–H and O–H groups in total. The number of amides is 1. The minimum absolute atomic E-state index is 0.0585. The third-order valence-corrected chi connectivity index (χ3v) is 4.38. The van der Waals surface area contributed by atoms with Crippen molar-refractivity contribution in [2.75, 3.05) is 19.8 Å². The molecule has 2 aromatic rings. The largest absolute Gasteiger partial charge is 0.486 e. The molecule has 0 bridgehead atoms. The first-order valence-corrected chi connectivity index (χ1v) is 9.31. The van der Waals surface area contributed by atoms with Crippen molar-refractivity contribution in [2.24, 2.45) is 0 Å². The van der Waals surface area contributed by atoms with E-state index in [9.17, 15) is 9.59 Å². The van der Waals surface area contributed by atoms with Gasteiger partial charge in [-0.1, -0.05) is 6.07 Å². The monoisotopic (exact) mass is 368 g/mol. The second-order valence-electron chi connectivity index (χ2n) is 6.45. The number of carbonyl (C=O) groups is 2. The molecule has 142 valence electrons. The van der Waals surface area contributed by atoms with Crippen molar-refractivity contribution < 1.29 is 19.1 Å². The molecule has 0 radical (unpaired) electrons. The number of hydrogen-bond donors (Lipinski definition) is 1. The summed E-state index contributed by atoms with van der Waals surface area (Å²) in [5.74, 6) is 1.46. The van der Waals surface area contributed by atoms with Crippen LogP contribution >= 0.6 is 0 Å². The van der Waals surface area contributed by atoms with E-state index in [-0.39, 0.29) is 24.5 Å². The molecule has 1 aliphatic heterocycles. The van der Waals surface area contributed by atoms with Crippen LogP contribution in [-0.4, -0.2) is 36.4 Å². The summed E-state index contributed by atoms with van der Waals surface area (Å²) < 4.78 is 11.1. The van der Waals surface area contributed by atoms with Gasteiger partial charge in [0.2, 0.25) is 5.91 Å². The van der Waals surface area contributed by atoms with Crippen LogP contribution in [0.15, 0.2) is 42.7 Å². The van der Waals surface area contributed by atoms with Gasteiger partial charge in [-0.3, -0.25) is 14.6 Å². The molecule has 0 saturated heterocycles. The number of Topliss-reactive ketones (excluding diaryl/α,β-unsaturated/α-hetero) is 1. The van der Waals surface area contributed by atoms with E-state index >= 15 is 0 Å². The van der Waals surface area contributed by atoms with Gasteiger partial charge >= 0.3 is 0 Å². The number of ether oxygens (including phenoxy) is 2. The quantitative estimate of drug-likeness (QED) is 0.544. The van der Waals surface area contributed by atoms with Gasteiger partial charge in [-0.25, -0.2) is 0 Å². The summed E-state index contributed by atoms with van der Waals surface area (Å²) in [5, 5.41) is 2.87. The zero-order valence-corrected chi connectivity index (χ0v) is 15.3. The summed E-state index contributed by atoms with van der Waals surface area (Å²) in [7, 11) is 0. The summed E-state index contributed by atoms with van der Waals surface area (Å²) >= 11 is 0. The number of aryl methyl sites for hydroxylation is 1. The third kappa shape index (κ3) is 5.81. The first-order valence-electron chi connectivity index (χ1n) is 9.31. The number of unbranched alkanes of at least 4 members (excludes halogenated alkanes) is 1. The average molecular weight is 368 g/mol. The molecule has 0 spiro atoms. The zero-order chi connectivity index (χ0) is 18.9. The van der Waals surface area contributed by atoms with Crippen LogP contribution < -0.4 is 14.8 Å². The molecule has 1 amide bonds. The maximum Gasteiger partial charge on any atom is 0.220 e. The molecule has 6 nitrogen and oxygen atoms in total. The van der Waals surface area contributed by atoms with Gasteiger partial charge in [0.25, 0.3) is 0 Å². The van der Waals surface area contributed by atoms with Gasteiger partial charge in [0.05, 0.1) is 0 Å². The highest BCUT2D eigenvalue weighted by Gasteiger charge is 2.12. The number of benzene rings is 1. The van der Waals surface area contributed by atoms with Crippen LogP contribution in [0.4, 0.5) is 0 Å².